The average Bonchev–Trinajstić information content (AvgIpc) is 2.72. The van der Waals surface area contributed by atoms with Crippen molar-refractivity contribution in [2.24, 2.45) is 0 Å². The smallest absolute Gasteiger partial charge is 0.421 e. The van der Waals surface area contributed by atoms with Crippen LogP contribution in [0.2, 0.25) is 0 Å². The number of fused-ring (bicyclic) bond motifs is 1. The quantitative estimate of drug-likeness (QED) is 0.466. The normalized spacial score (nSPS) is 18.4. The molecule has 1 aliphatic heterocycles. The lowest BCUT2D eigenvalue weighted by atomic mass is 9.95. The van der Waals surface area contributed by atoms with Gasteiger partial charge in [-0.25, -0.2) is 12.8 Å². The van der Waals surface area contributed by atoms with Crippen molar-refractivity contribution in [3.05, 3.63) is 53.8 Å². The Bertz CT molecular complexity index is 1130. The molecule has 0 radical (unpaired) electrons. The number of benzene rings is 2. The van der Waals surface area contributed by atoms with Gasteiger partial charge in [0, 0.05) is 10.6 Å². The predicted octanol–water partition coefficient (Wildman–Crippen LogP) is 4.22. The van der Waals surface area contributed by atoms with Crippen LogP contribution in [0, 0.1) is 5.82 Å². The third-order valence-electron chi connectivity index (χ3n) is 5.15. The van der Waals surface area contributed by atoms with Crippen molar-refractivity contribution in [2.45, 2.75) is 47.9 Å². The maximum atomic E-state index is 13.5. The zero-order chi connectivity index (χ0) is 24.6. The van der Waals surface area contributed by atoms with Gasteiger partial charge >= 0.3 is 12.1 Å². The molecule has 2 atom stereocenters. The topological polar surface area (TPSA) is 83.9 Å². The molecule has 2 aromatic rings. The number of sulfonamides is 1. The summed E-state index contributed by atoms with van der Waals surface area (Å²) in [7, 11) is -4.32. The van der Waals surface area contributed by atoms with Crippen LogP contribution < -0.4 is 4.31 Å². The molecular formula is C21H21F4NO5S2. The van der Waals surface area contributed by atoms with Gasteiger partial charge in [0.25, 0.3) is 10.0 Å². The van der Waals surface area contributed by atoms with Crippen LogP contribution in [0.3, 0.4) is 0 Å². The highest BCUT2D eigenvalue weighted by Gasteiger charge is 2.51. The molecule has 0 bridgehead atoms. The van der Waals surface area contributed by atoms with Crippen molar-refractivity contribution in [3.63, 3.8) is 0 Å². The Balaban J connectivity index is 2.12. The number of thioether (sulfide) groups is 1. The molecule has 3 rings (SSSR count). The number of alkyl halides is 3. The Labute approximate surface area is 192 Å². The molecule has 0 saturated carbocycles. The molecule has 2 aromatic carbocycles. The monoisotopic (exact) mass is 507 g/mol. The number of carbonyl (C=O) groups is 1. The minimum absolute atomic E-state index is 0.0455. The molecule has 0 aliphatic carbocycles. The molecule has 33 heavy (non-hydrogen) atoms. The lowest BCUT2D eigenvalue weighted by Crippen LogP contribution is -2.46. The van der Waals surface area contributed by atoms with Crippen LogP contribution in [0.5, 0.6) is 0 Å². The fraction of sp³-hybridized carbons (Fsp3) is 0.381. The molecule has 1 N–H and O–H groups in total. The number of carbonyl (C=O) groups excluding carboxylic acids is 1. The molecule has 2 unspecified atom stereocenters. The van der Waals surface area contributed by atoms with Gasteiger partial charge in [0.1, 0.15) is 5.82 Å². The minimum atomic E-state index is -4.95. The second kappa shape index (κ2) is 9.15. The summed E-state index contributed by atoms with van der Waals surface area (Å²) in [5, 5.41) is 10.0. The first kappa shape index (κ1) is 25.3. The van der Waals surface area contributed by atoms with Crippen molar-refractivity contribution in [1.82, 2.24) is 0 Å². The molecule has 180 valence electrons. The van der Waals surface area contributed by atoms with Gasteiger partial charge in [-0.2, -0.15) is 13.2 Å². The van der Waals surface area contributed by atoms with E-state index in [0.717, 1.165) is 58.5 Å². The summed E-state index contributed by atoms with van der Waals surface area (Å²) in [5.41, 5.74) is -3.55. The largest absolute Gasteiger partial charge is 0.466 e. The van der Waals surface area contributed by atoms with E-state index in [0.29, 0.717) is 6.92 Å². The third kappa shape index (κ3) is 4.97. The Kier molecular flexibility index (Phi) is 7.02. The highest BCUT2D eigenvalue weighted by molar-refractivity contribution is 8.00. The number of anilines is 1. The van der Waals surface area contributed by atoms with Gasteiger partial charge in [0.15, 0.2) is 5.60 Å². The van der Waals surface area contributed by atoms with Crippen molar-refractivity contribution in [3.8, 4) is 0 Å². The Hall–Kier alpha value is -2.31. The maximum absolute atomic E-state index is 13.5. The number of rotatable bonds is 6. The molecule has 0 spiro atoms. The number of nitrogens with zero attached hydrogens (tertiary/aromatic N) is 1. The first-order chi connectivity index (χ1) is 15.3. The van der Waals surface area contributed by atoms with E-state index >= 15 is 0 Å². The average molecular weight is 508 g/mol. The van der Waals surface area contributed by atoms with Crippen LogP contribution >= 0.6 is 11.8 Å². The van der Waals surface area contributed by atoms with Crippen molar-refractivity contribution in [2.75, 3.05) is 16.7 Å². The van der Waals surface area contributed by atoms with Crippen molar-refractivity contribution >= 4 is 33.4 Å². The molecule has 0 aromatic heterocycles. The molecular weight excluding hydrogens is 486 g/mol. The van der Waals surface area contributed by atoms with E-state index in [4.69, 9.17) is 4.74 Å². The Morgan fingerprint density at radius 2 is 1.85 bits per heavy atom. The zero-order valence-corrected chi connectivity index (χ0v) is 19.2. The molecule has 0 saturated heterocycles. The predicted molar refractivity (Wildman–Crippen MR) is 114 cm³/mol. The van der Waals surface area contributed by atoms with Crippen LogP contribution in [0.4, 0.5) is 23.2 Å². The van der Waals surface area contributed by atoms with Crippen LogP contribution in [0.1, 0.15) is 25.8 Å². The third-order valence-corrected chi connectivity index (χ3v) is 8.22. The van der Waals surface area contributed by atoms with Crippen LogP contribution in [-0.4, -0.2) is 44.1 Å². The number of aliphatic hydroxyl groups is 1. The van der Waals surface area contributed by atoms with E-state index < -0.39 is 45.2 Å². The summed E-state index contributed by atoms with van der Waals surface area (Å²) in [5.74, 6) is -1.24. The van der Waals surface area contributed by atoms with E-state index in [1.54, 1.807) is 6.92 Å². The number of halogens is 4. The van der Waals surface area contributed by atoms with Gasteiger partial charge in [-0.3, -0.25) is 9.10 Å². The Morgan fingerprint density at radius 3 is 2.42 bits per heavy atom. The van der Waals surface area contributed by atoms with Crippen molar-refractivity contribution in [1.29, 1.82) is 0 Å². The van der Waals surface area contributed by atoms with Crippen LogP contribution in [0.15, 0.2) is 52.3 Å². The molecule has 1 heterocycles. The highest BCUT2D eigenvalue weighted by Crippen LogP contribution is 2.45. The second-order valence-electron chi connectivity index (χ2n) is 7.48. The summed E-state index contributed by atoms with van der Waals surface area (Å²) < 4.78 is 86.1. The molecule has 6 nitrogen and oxygen atoms in total. The van der Waals surface area contributed by atoms with Gasteiger partial charge in [0.05, 0.1) is 29.7 Å². The van der Waals surface area contributed by atoms with Gasteiger partial charge in [0.2, 0.25) is 0 Å². The van der Waals surface area contributed by atoms with Gasteiger partial charge < -0.3 is 9.84 Å². The fourth-order valence-corrected chi connectivity index (χ4v) is 6.31. The fourth-order valence-electron chi connectivity index (χ4n) is 3.33. The minimum Gasteiger partial charge on any atom is -0.466 e. The van der Waals surface area contributed by atoms with E-state index in [2.05, 4.69) is 0 Å². The van der Waals surface area contributed by atoms with Crippen LogP contribution in [0.25, 0.3) is 0 Å². The van der Waals surface area contributed by atoms with Gasteiger partial charge in [-0.05, 0) is 55.8 Å². The summed E-state index contributed by atoms with van der Waals surface area (Å²) in [6.07, 6.45) is -5.24. The maximum Gasteiger partial charge on any atom is 0.421 e. The lowest BCUT2D eigenvalue weighted by Gasteiger charge is -2.38. The van der Waals surface area contributed by atoms with E-state index in [-0.39, 0.29) is 34.3 Å². The number of esters is 1. The number of hydrogen-bond acceptors (Lipinski definition) is 6. The zero-order valence-electron chi connectivity index (χ0n) is 17.6. The molecule has 0 fully saturated rings. The second-order valence-corrected chi connectivity index (χ2v) is 10.4. The Morgan fingerprint density at radius 1 is 1.21 bits per heavy atom. The van der Waals surface area contributed by atoms with Crippen molar-refractivity contribution < 1.29 is 40.6 Å². The van der Waals surface area contributed by atoms with Gasteiger partial charge in [-0.1, -0.05) is 6.07 Å². The highest BCUT2D eigenvalue weighted by atomic mass is 32.2. The lowest BCUT2D eigenvalue weighted by molar-refractivity contribution is -0.258. The van der Waals surface area contributed by atoms with Gasteiger partial charge in [-0.15, -0.1) is 11.8 Å². The first-order valence-electron chi connectivity index (χ1n) is 9.81. The molecule has 0 amide bonds. The summed E-state index contributed by atoms with van der Waals surface area (Å²) in [6.45, 7) is 2.30. The summed E-state index contributed by atoms with van der Waals surface area (Å²) in [6, 6.07) is 6.41. The summed E-state index contributed by atoms with van der Waals surface area (Å²) in [4.78, 5) is 12.0. The SMILES string of the molecule is CCOC(=O)CC1CSc2cc(C(C)(O)C(F)(F)F)ccc2N1S(=O)(=O)c1ccc(F)cc1. The van der Waals surface area contributed by atoms with E-state index in [9.17, 15) is 35.9 Å². The van der Waals surface area contributed by atoms with Crippen LogP contribution in [-0.2, 0) is 25.2 Å². The summed E-state index contributed by atoms with van der Waals surface area (Å²) >= 11 is 1.06. The van der Waals surface area contributed by atoms with E-state index in [1.807, 2.05) is 0 Å². The number of ether oxygens (including phenoxy) is 1. The van der Waals surface area contributed by atoms with E-state index in [1.165, 1.54) is 0 Å². The standard InChI is InChI=1S/C21H21F4NO5S2/c1-3-31-19(27)11-15-12-32-18-10-13(20(2,28)21(23,24)25)4-9-17(18)26(15)33(29,30)16-7-5-14(22)6-8-16/h4-10,15,28H,3,11-12H2,1-2H3. The number of hydrogen-bond donors (Lipinski definition) is 1. The molecule has 12 heteroatoms. The molecule has 1 aliphatic rings. The first-order valence-corrected chi connectivity index (χ1v) is 12.2.